The molecule has 20 heavy (non-hydrogen) atoms. The summed E-state index contributed by atoms with van der Waals surface area (Å²) >= 11 is 0. The molecule has 1 saturated heterocycles. The molecule has 0 spiro atoms. The van der Waals surface area contributed by atoms with Crippen molar-refractivity contribution < 1.29 is 9.53 Å². The van der Waals surface area contributed by atoms with Crippen LogP contribution in [-0.4, -0.2) is 49.6 Å². The molecule has 0 bridgehead atoms. The van der Waals surface area contributed by atoms with Crippen molar-refractivity contribution in [2.45, 2.75) is 19.4 Å². The third-order valence-corrected chi connectivity index (χ3v) is 3.91. The van der Waals surface area contributed by atoms with Gasteiger partial charge in [-0.3, -0.25) is 9.78 Å². The van der Waals surface area contributed by atoms with Crippen molar-refractivity contribution in [3.63, 3.8) is 0 Å². The maximum atomic E-state index is 12.8. The fourth-order valence-corrected chi connectivity index (χ4v) is 2.81. The minimum Gasteiger partial charge on any atom is -0.384 e. The van der Waals surface area contributed by atoms with Crippen LogP contribution in [-0.2, 0) is 16.1 Å². The molecule has 1 N–H and O–H groups in total. The van der Waals surface area contributed by atoms with Gasteiger partial charge in [0.1, 0.15) is 0 Å². The van der Waals surface area contributed by atoms with E-state index in [-0.39, 0.29) is 11.3 Å². The largest absolute Gasteiger partial charge is 0.384 e. The van der Waals surface area contributed by atoms with E-state index in [1.807, 2.05) is 25.2 Å². The molecule has 1 aromatic rings. The molecule has 110 valence electrons. The molecule has 1 fully saturated rings. The first-order valence-electron chi connectivity index (χ1n) is 7.03. The van der Waals surface area contributed by atoms with E-state index < -0.39 is 0 Å². The molecule has 1 aliphatic rings. The van der Waals surface area contributed by atoms with E-state index in [2.05, 4.69) is 10.3 Å². The van der Waals surface area contributed by atoms with Gasteiger partial charge < -0.3 is 15.0 Å². The number of rotatable bonds is 5. The van der Waals surface area contributed by atoms with Crippen LogP contribution in [0.5, 0.6) is 0 Å². The number of ether oxygens (including phenoxy) is 1. The smallest absolute Gasteiger partial charge is 0.231 e. The number of methoxy groups -OCH3 is 1. The Balaban J connectivity index is 2.06. The molecule has 2 rings (SSSR count). The highest BCUT2D eigenvalue weighted by Gasteiger charge is 2.41. The summed E-state index contributed by atoms with van der Waals surface area (Å²) in [5, 5.41) is 3.30. The van der Waals surface area contributed by atoms with Crippen LogP contribution in [0.4, 0.5) is 0 Å². The highest BCUT2D eigenvalue weighted by molar-refractivity contribution is 5.82. The van der Waals surface area contributed by atoms with Gasteiger partial charge in [-0.05, 0) is 38.1 Å². The van der Waals surface area contributed by atoms with Gasteiger partial charge in [0.05, 0.1) is 24.3 Å². The zero-order valence-electron chi connectivity index (χ0n) is 12.3. The molecule has 0 saturated carbocycles. The van der Waals surface area contributed by atoms with Gasteiger partial charge in [0.25, 0.3) is 0 Å². The lowest BCUT2D eigenvalue weighted by atomic mass is 9.78. The quantitative estimate of drug-likeness (QED) is 0.874. The molecule has 1 amide bonds. The number of piperidine rings is 1. The molecule has 0 aromatic carbocycles. The third-order valence-electron chi connectivity index (χ3n) is 3.91. The van der Waals surface area contributed by atoms with Gasteiger partial charge in [0, 0.05) is 20.4 Å². The first kappa shape index (κ1) is 14.9. The zero-order chi connectivity index (χ0) is 14.4. The number of hydrogen-bond acceptors (Lipinski definition) is 4. The number of hydrogen-bond donors (Lipinski definition) is 1. The number of pyridine rings is 1. The van der Waals surface area contributed by atoms with Crippen molar-refractivity contribution in [2.24, 2.45) is 5.41 Å². The standard InChI is InChI=1S/C15H23N3O2/c1-18(11-13-5-3-4-8-17-13)14(19)15(12-20-2)6-9-16-10-7-15/h3-5,8,16H,6-7,9-12H2,1-2H3. The molecule has 0 unspecified atom stereocenters. The summed E-state index contributed by atoms with van der Waals surface area (Å²) in [5.41, 5.74) is 0.522. The summed E-state index contributed by atoms with van der Waals surface area (Å²) in [5.74, 6) is 0.159. The van der Waals surface area contributed by atoms with E-state index in [0.717, 1.165) is 31.6 Å². The molecule has 0 atom stereocenters. The molecule has 1 aromatic heterocycles. The zero-order valence-corrected chi connectivity index (χ0v) is 12.3. The van der Waals surface area contributed by atoms with Crippen molar-refractivity contribution in [1.29, 1.82) is 0 Å². The van der Waals surface area contributed by atoms with Gasteiger partial charge in [-0.25, -0.2) is 0 Å². The lowest BCUT2D eigenvalue weighted by molar-refractivity contribution is -0.146. The molecule has 2 heterocycles. The van der Waals surface area contributed by atoms with Crippen molar-refractivity contribution in [3.05, 3.63) is 30.1 Å². The van der Waals surface area contributed by atoms with Crippen LogP contribution in [0.25, 0.3) is 0 Å². The van der Waals surface area contributed by atoms with Gasteiger partial charge >= 0.3 is 0 Å². The third kappa shape index (κ3) is 3.35. The van der Waals surface area contributed by atoms with Gasteiger partial charge in [0.2, 0.25) is 5.91 Å². The van der Waals surface area contributed by atoms with Gasteiger partial charge in [-0.15, -0.1) is 0 Å². The van der Waals surface area contributed by atoms with E-state index in [0.29, 0.717) is 13.2 Å². The van der Waals surface area contributed by atoms with E-state index in [9.17, 15) is 4.79 Å². The van der Waals surface area contributed by atoms with Crippen LogP contribution >= 0.6 is 0 Å². The van der Waals surface area contributed by atoms with Crippen molar-refractivity contribution in [1.82, 2.24) is 15.2 Å². The van der Waals surface area contributed by atoms with E-state index >= 15 is 0 Å². The minimum absolute atomic E-state index is 0.159. The summed E-state index contributed by atoms with van der Waals surface area (Å²) in [6.07, 6.45) is 3.40. The van der Waals surface area contributed by atoms with Crippen LogP contribution in [0, 0.1) is 5.41 Å². The van der Waals surface area contributed by atoms with Crippen LogP contribution in [0.2, 0.25) is 0 Å². The van der Waals surface area contributed by atoms with E-state index in [4.69, 9.17) is 4.74 Å². The average molecular weight is 277 g/mol. The van der Waals surface area contributed by atoms with Crippen LogP contribution < -0.4 is 5.32 Å². The fourth-order valence-electron chi connectivity index (χ4n) is 2.81. The summed E-state index contributed by atoms with van der Waals surface area (Å²) in [6.45, 7) is 2.76. The minimum atomic E-state index is -0.385. The Labute approximate surface area is 120 Å². The lowest BCUT2D eigenvalue weighted by Crippen LogP contribution is -2.50. The summed E-state index contributed by atoms with van der Waals surface area (Å²) in [7, 11) is 3.51. The van der Waals surface area contributed by atoms with Crippen molar-refractivity contribution in [3.8, 4) is 0 Å². The summed E-state index contributed by atoms with van der Waals surface area (Å²) in [4.78, 5) is 18.9. The van der Waals surface area contributed by atoms with Crippen LogP contribution in [0.15, 0.2) is 24.4 Å². The number of carbonyl (C=O) groups is 1. The molecule has 0 aliphatic carbocycles. The average Bonchev–Trinajstić information content (AvgIpc) is 2.48. The summed E-state index contributed by atoms with van der Waals surface area (Å²) < 4.78 is 5.32. The molecule has 1 aliphatic heterocycles. The second-order valence-corrected chi connectivity index (χ2v) is 5.45. The highest BCUT2D eigenvalue weighted by Crippen LogP contribution is 2.31. The van der Waals surface area contributed by atoms with Gasteiger partial charge in [-0.2, -0.15) is 0 Å². The molecular formula is C15H23N3O2. The topological polar surface area (TPSA) is 54.5 Å². The van der Waals surface area contributed by atoms with Crippen LogP contribution in [0.1, 0.15) is 18.5 Å². The first-order valence-corrected chi connectivity index (χ1v) is 7.03. The maximum Gasteiger partial charge on any atom is 0.231 e. The van der Waals surface area contributed by atoms with E-state index in [1.165, 1.54) is 0 Å². The second-order valence-electron chi connectivity index (χ2n) is 5.45. The number of carbonyl (C=O) groups excluding carboxylic acids is 1. The Morgan fingerprint density at radius 3 is 2.80 bits per heavy atom. The Bertz CT molecular complexity index is 424. The Morgan fingerprint density at radius 1 is 1.45 bits per heavy atom. The number of nitrogens with one attached hydrogen (secondary N) is 1. The first-order chi connectivity index (χ1) is 9.68. The van der Waals surface area contributed by atoms with Gasteiger partial charge in [0.15, 0.2) is 0 Å². The molecule has 0 radical (unpaired) electrons. The number of nitrogens with zero attached hydrogens (tertiary/aromatic N) is 2. The number of aromatic nitrogens is 1. The molecular weight excluding hydrogens is 254 g/mol. The normalized spacial score (nSPS) is 17.7. The summed E-state index contributed by atoms with van der Waals surface area (Å²) in [6, 6.07) is 5.76. The fraction of sp³-hybridized carbons (Fsp3) is 0.600. The number of amides is 1. The predicted octanol–water partition coefficient (Wildman–Crippen LogP) is 1.06. The Kier molecular flexibility index (Phi) is 5.09. The second kappa shape index (κ2) is 6.81. The molecule has 5 nitrogen and oxygen atoms in total. The van der Waals surface area contributed by atoms with Gasteiger partial charge in [-0.1, -0.05) is 6.07 Å². The van der Waals surface area contributed by atoms with E-state index in [1.54, 1.807) is 18.2 Å². The SMILES string of the molecule is COCC1(C(=O)N(C)Cc2ccccn2)CCNCC1. The van der Waals surface area contributed by atoms with Crippen molar-refractivity contribution >= 4 is 5.91 Å². The monoisotopic (exact) mass is 277 g/mol. The Morgan fingerprint density at radius 2 is 2.20 bits per heavy atom. The van der Waals surface area contributed by atoms with Crippen molar-refractivity contribution in [2.75, 3.05) is 33.9 Å². The highest BCUT2D eigenvalue weighted by atomic mass is 16.5. The maximum absolute atomic E-state index is 12.8. The lowest BCUT2D eigenvalue weighted by Gasteiger charge is -2.38. The van der Waals surface area contributed by atoms with Crippen LogP contribution in [0.3, 0.4) is 0 Å². The molecule has 5 heteroatoms. The predicted molar refractivity (Wildman–Crippen MR) is 77.1 cm³/mol. The Hall–Kier alpha value is -1.46.